The summed E-state index contributed by atoms with van der Waals surface area (Å²) < 4.78 is 44.7. The smallest absolute Gasteiger partial charge is 0.190 e. The number of hydrogen-bond donors (Lipinski definition) is 1. The van der Waals surface area contributed by atoms with Crippen LogP contribution in [0.1, 0.15) is 33.1 Å². The first-order chi connectivity index (χ1) is 13.6. The van der Waals surface area contributed by atoms with E-state index in [1.54, 1.807) is 13.0 Å². The Labute approximate surface area is 168 Å². The highest BCUT2D eigenvalue weighted by Gasteiger charge is 2.71. The van der Waals surface area contributed by atoms with Gasteiger partial charge in [0.1, 0.15) is 6.17 Å². The van der Waals surface area contributed by atoms with E-state index in [9.17, 15) is 19.1 Å². The van der Waals surface area contributed by atoms with Crippen molar-refractivity contribution < 1.29 is 27.9 Å². The molecule has 0 aromatic rings. The Morgan fingerprint density at radius 1 is 1.31 bits per heavy atom. The molecule has 3 nitrogen and oxygen atoms in total. The van der Waals surface area contributed by atoms with Gasteiger partial charge in [0.05, 0.1) is 6.10 Å². The summed E-state index contributed by atoms with van der Waals surface area (Å²) in [6.07, 6.45) is 10.6. The van der Waals surface area contributed by atoms with E-state index in [4.69, 9.17) is 0 Å². The second-order valence-corrected chi connectivity index (χ2v) is 8.77. The predicted octanol–water partition coefficient (Wildman–Crippen LogP) is 3.63. The molecule has 0 bridgehead atoms. The third-order valence-electron chi connectivity index (χ3n) is 7.63. The number of carbonyl (C=O) groups is 2. The number of ketones is 2. The number of fused-ring (bicyclic) bond motifs is 5. The molecule has 0 amide bonds. The Balaban J connectivity index is 0.00000117. The zero-order chi connectivity index (χ0) is 21.8. The predicted molar refractivity (Wildman–Crippen MR) is 103 cm³/mol. The molecular formula is C23H25F3O3. The summed E-state index contributed by atoms with van der Waals surface area (Å²) in [5.41, 5.74) is -4.12. The maximum absolute atomic E-state index is 16.6. The van der Waals surface area contributed by atoms with Gasteiger partial charge in [0, 0.05) is 22.3 Å². The molecule has 4 aliphatic carbocycles. The first-order valence-corrected chi connectivity index (χ1v) is 9.69. The lowest BCUT2D eigenvalue weighted by Crippen LogP contribution is -2.68. The lowest BCUT2D eigenvalue weighted by atomic mass is 9.45. The lowest BCUT2D eigenvalue weighted by Gasteiger charge is -2.62. The first-order valence-electron chi connectivity index (χ1n) is 9.69. The molecule has 1 unspecified atom stereocenters. The van der Waals surface area contributed by atoms with Gasteiger partial charge in [-0.3, -0.25) is 9.59 Å². The largest absolute Gasteiger partial charge is 0.390 e. The van der Waals surface area contributed by atoms with Crippen molar-refractivity contribution in [3.05, 3.63) is 35.5 Å². The van der Waals surface area contributed by atoms with Gasteiger partial charge in [0.15, 0.2) is 23.9 Å². The average Bonchev–Trinajstić information content (AvgIpc) is 3.03. The Bertz CT molecular complexity index is 857. The zero-order valence-corrected chi connectivity index (χ0v) is 16.5. The minimum absolute atomic E-state index is 0.0378. The molecule has 0 aliphatic heterocycles. The summed E-state index contributed by atoms with van der Waals surface area (Å²) in [7, 11) is 0. The highest BCUT2D eigenvalue weighted by molar-refractivity contribution is 6.01. The van der Waals surface area contributed by atoms with Crippen molar-refractivity contribution in [1.29, 1.82) is 0 Å². The summed E-state index contributed by atoms with van der Waals surface area (Å²) in [4.78, 5) is 23.8. The SMILES string of the molecule is C#C.C[C@]12C=CC(=O)C=C1[C@@H](F)C[C@H]1C3CC=C(C(=O)CF)[C@@]3(C)C[C@H](O)[C@@]12F. The molecule has 0 aromatic heterocycles. The quantitative estimate of drug-likeness (QED) is 0.713. The van der Waals surface area contributed by atoms with Crippen LogP contribution in [0, 0.1) is 35.5 Å². The summed E-state index contributed by atoms with van der Waals surface area (Å²) in [5, 5.41) is 10.9. The van der Waals surface area contributed by atoms with Gasteiger partial charge in [-0.15, -0.1) is 12.8 Å². The van der Waals surface area contributed by atoms with Crippen LogP contribution >= 0.6 is 0 Å². The highest BCUT2D eigenvalue weighted by atomic mass is 19.1. The number of aliphatic hydroxyl groups is 1. The molecule has 0 radical (unpaired) electrons. The van der Waals surface area contributed by atoms with Crippen LogP contribution in [0.5, 0.6) is 0 Å². The van der Waals surface area contributed by atoms with Crippen LogP contribution in [0.2, 0.25) is 0 Å². The molecule has 0 heterocycles. The van der Waals surface area contributed by atoms with Crippen molar-refractivity contribution in [3.63, 3.8) is 0 Å². The van der Waals surface area contributed by atoms with Crippen LogP contribution in [0.25, 0.3) is 0 Å². The summed E-state index contributed by atoms with van der Waals surface area (Å²) >= 11 is 0. The third-order valence-corrected chi connectivity index (χ3v) is 7.63. The van der Waals surface area contributed by atoms with E-state index >= 15 is 8.78 Å². The van der Waals surface area contributed by atoms with Crippen molar-refractivity contribution >= 4 is 11.6 Å². The second kappa shape index (κ2) is 6.98. The Morgan fingerprint density at radius 3 is 2.59 bits per heavy atom. The number of aliphatic hydroxyl groups excluding tert-OH is 1. The van der Waals surface area contributed by atoms with Crippen LogP contribution in [0.4, 0.5) is 13.2 Å². The van der Waals surface area contributed by atoms with E-state index in [1.807, 2.05) is 0 Å². The van der Waals surface area contributed by atoms with E-state index in [1.165, 1.54) is 19.1 Å². The lowest BCUT2D eigenvalue weighted by molar-refractivity contribution is -0.192. The van der Waals surface area contributed by atoms with Gasteiger partial charge in [-0.2, -0.15) is 0 Å². The van der Waals surface area contributed by atoms with E-state index in [-0.39, 0.29) is 29.8 Å². The van der Waals surface area contributed by atoms with Gasteiger partial charge in [-0.25, -0.2) is 13.2 Å². The number of terminal acetylenes is 1. The standard InChI is InChI=1S/C21H23F3O3.C2H2/c1-19-9-18(27)21(24)14(12(19)3-4-13(19)17(26)10-22)8-16(23)15-7-11(25)5-6-20(15,21)2;1-2/h4-7,12,14,16,18,27H,3,8-10H2,1-2H3;1-2H/t12?,14-,16-,18-,19-,20-,21-;/m0./s1. The molecule has 156 valence electrons. The number of alkyl halides is 3. The van der Waals surface area contributed by atoms with Gasteiger partial charge in [-0.1, -0.05) is 19.1 Å². The first kappa shape index (κ1) is 21.6. The molecule has 1 N–H and O–H groups in total. The molecular weight excluding hydrogens is 381 g/mol. The van der Waals surface area contributed by atoms with Crippen molar-refractivity contribution in [1.82, 2.24) is 0 Å². The number of halogens is 3. The van der Waals surface area contributed by atoms with Gasteiger partial charge < -0.3 is 5.11 Å². The topological polar surface area (TPSA) is 54.4 Å². The monoisotopic (exact) mass is 406 g/mol. The molecule has 7 atom stereocenters. The molecule has 0 saturated heterocycles. The normalized spacial score (nSPS) is 45.0. The van der Waals surface area contributed by atoms with E-state index in [0.29, 0.717) is 6.42 Å². The van der Waals surface area contributed by atoms with Gasteiger partial charge >= 0.3 is 0 Å². The van der Waals surface area contributed by atoms with Crippen LogP contribution in [0.15, 0.2) is 35.5 Å². The van der Waals surface area contributed by atoms with Gasteiger partial charge in [-0.05, 0) is 49.8 Å². The maximum Gasteiger partial charge on any atom is 0.190 e. The zero-order valence-electron chi connectivity index (χ0n) is 16.5. The number of Topliss-reactive ketones (excluding diaryl/α,β-unsaturated/α-hetero) is 1. The Morgan fingerprint density at radius 2 is 1.97 bits per heavy atom. The Kier molecular flexibility index (Phi) is 5.20. The highest BCUT2D eigenvalue weighted by Crippen LogP contribution is 2.68. The number of allylic oxidation sites excluding steroid dienone is 6. The molecule has 2 saturated carbocycles. The summed E-state index contributed by atoms with van der Waals surface area (Å²) in [6.45, 7) is 2.13. The fourth-order valence-electron chi connectivity index (χ4n) is 6.28. The average molecular weight is 406 g/mol. The van der Waals surface area contributed by atoms with Crippen molar-refractivity contribution in [2.45, 2.75) is 51.1 Å². The summed E-state index contributed by atoms with van der Waals surface area (Å²) in [5.74, 6) is -2.29. The van der Waals surface area contributed by atoms with Gasteiger partial charge in [0.25, 0.3) is 0 Å². The molecule has 29 heavy (non-hydrogen) atoms. The fourth-order valence-corrected chi connectivity index (χ4v) is 6.28. The number of carbonyl (C=O) groups excluding carboxylic acids is 2. The minimum Gasteiger partial charge on any atom is -0.390 e. The molecule has 0 aromatic carbocycles. The van der Waals surface area contributed by atoms with Crippen molar-refractivity contribution in [2.24, 2.45) is 22.7 Å². The van der Waals surface area contributed by atoms with Crippen LogP contribution in [0.3, 0.4) is 0 Å². The Hall–Kier alpha value is -2.13. The molecule has 0 spiro atoms. The van der Waals surface area contributed by atoms with Crippen molar-refractivity contribution in [3.8, 4) is 12.8 Å². The molecule has 4 rings (SSSR count). The van der Waals surface area contributed by atoms with Crippen LogP contribution in [-0.2, 0) is 9.59 Å². The van der Waals surface area contributed by atoms with Crippen molar-refractivity contribution in [2.75, 3.05) is 6.67 Å². The van der Waals surface area contributed by atoms with E-state index in [0.717, 1.165) is 6.08 Å². The third kappa shape index (κ3) is 2.63. The molecule has 6 heteroatoms. The summed E-state index contributed by atoms with van der Waals surface area (Å²) in [6, 6.07) is 0. The van der Waals surface area contributed by atoms with Crippen LogP contribution in [-0.4, -0.2) is 41.3 Å². The van der Waals surface area contributed by atoms with E-state index < -0.39 is 53.1 Å². The maximum atomic E-state index is 16.6. The number of hydrogen-bond acceptors (Lipinski definition) is 3. The molecule has 4 aliphatic rings. The van der Waals surface area contributed by atoms with Gasteiger partial charge in [0.2, 0.25) is 0 Å². The molecule has 2 fully saturated rings. The van der Waals surface area contributed by atoms with E-state index in [2.05, 4.69) is 12.8 Å². The van der Waals surface area contributed by atoms with Crippen LogP contribution < -0.4 is 0 Å². The fraction of sp³-hybridized carbons (Fsp3) is 0.565. The second-order valence-electron chi connectivity index (χ2n) is 8.77. The number of rotatable bonds is 2. The minimum atomic E-state index is -2.16.